The summed E-state index contributed by atoms with van der Waals surface area (Å²) in [4.78, 5) is 14.9. The number of alkyl halides is 3. The van der Waals surface area contributed by atoms with E-state index in [2.05, 4.69) is 0 Å². The van der Waals surface area contributed by atoms with Crippen molar-refractivity contribution in [1.29, 1.82) is 0 Å². The van der Waals surface area contributed by atoms with Crippen molar-refractivity contribution in [3.8, 4) is 0 Å². The average molecular weight is 466 g/mol. The van der Waals surface area contributed by atoms with E-state index in [4.69, 9.17) is 0 Å². The predicted octanol–water partition coefficient (Wildman–Crippen LogP) is 6.54. The molecule has 1 amide bonds. The largest absolute Gasteiger partial charge is 0.416 e. The number of nitrogens with zero attached hydrogens (tertiary/aromatic N) is 2. The first-order chi connectivity index (χ1) is 16.3. The Hall–Kier alpha value is -3.87. The number of benzene rings is 3. The van der Waals surface area contributed by atoms with Gasteiger partial charge in [0.1, 0.15) is 5.82 Å². The molecule has 0 fully saturated rings. The van der Waals surface area contributed by atoms with Crippen molar-refractivity contribution < 1.29 is 22.4 Å². The van der Waals surface area contributed by atoms with Gasteiger partial charge in [-0.3, -0.25) is 4.79 Å². The van der Waals surface area contributed by atoms with E-state index in [1.54, 1.807) is 11.0 Å². The molecule has 0 aliphatic carbocycles. The van der Waals surface area contributed by atoms with E-state index in [9.17, 15) is 22.4 Å². The zero-order valence-corrected chi connectivity index (χ0v) is 18.2. The molecule has 0 aliphatic rings. The van der Waals surface area contributed by atoms with Gasteiger partial charge in [-0.15, -0.1) is 0 Å². The molecule has 4 aromatic rings. The van der Waals surface area contributed by atoms with Crippen LogP contribution in [-0.4, -0.2) is 15.4 Å². The Kier molecular flexibility index (Phi) is 6.82. The number of rotatable bonds is 7. The minimum Gasteiger partial charge on any atom is -0.345 e. The molecule has 174 valence electrons. The fourth-order valence-corrected chi connectivity index (χ4v) is 3.76. The second-order valence-corrected chi connectivity index (χ2v) is 7.98. The van der Waals surface area contributed by atoms with Gasteiger partial charge in [0.2, 0.25) is 0 Å². The molecule has 0 spiro atoms. The highest BCUT2D eigenvalue weighted by Crippen LogP contribution is 2.29. The summed E-state index contributed by atoms with van der Waals surface area (Å²) in [6, 6.07) is 23.6. The highest BCUT2D eigenvalue weighted by atomic mass is 19.4. The monoisotopic (exact) mass is 466 g/mol. The lowest BCUT2D eigenvalue weighted by molar-refractivity contribution is -0.137. The van der Waals surface area contributed by atoms with Crippen LogP contribution in [0.1, 0.15) is 32.7 Å². The van der Waals surface area contributed by atoms with E-state index in [1.165, 1.54) is 24.3 Å². The van der Waals surface area contributed by atoms with Crippen LogP contribution in [0.5, 0.6) is 0 Å². The summed E-state index contributed by atoms with van der Waals surface area (Å²) in [6.07, 6.45) is -2.62. The quantitative estimate of drug-likeness (QED) is 0.284. The lowest BCUT2D eigenvalue weighted by Crippen LogP contribution is -2.31. The van der Waals surface area contributed by atoms with E-state index in [-0.39, 0.29) is 30.4 Å². The van der Waals surface area contributed by atoms with E-state index in [0.717, 1.165) is 29.0 Å². The van der Waals surface area contributed by atoms with Crippen LogP contribution in [0.3, 0.4) is 0 Å². The van der Waals surface area contributed by atoms with Crippen LogP contribution in [0, 0.1) is 5.82 Å². The SMILES string of the molecule is O=C(c1ccc(C(F)(F)F)cc1)N(Cc1ccccc1)Cc1cccn1Cc1cccc(F)c1. The minimum absolute atomic E-state index is 0.173. The number of hydrogen-bond acceptors (Lipinski definition) is 1. The fraction of sp³-hybridized carbons (Fsp3) is 0.148. The average Bonchev–Trinajstić information content (AvgIpc) is 3.25. The lowest BCUT2D eigenvalue weighted by atomic mass is 10.1. The molecule has 0 atom stereocenters. The maximum absolute atomic E-state index is 13.6. The number of carbonyl (C=O) groups is 1. The molecule has 4 rings (SSSR count). The van der Waals surface area contributed by atoms with Gasteiger partial charge in [0.25, 0.3) is 5.91 Å². The molecule has 3 aromatic carbocycles. The third-order valence-electron chi connectivity index (χ3n) is 5.48. The Morgan fingerprint density at radius 1 is 0.794 bits per heavy atom. The zero-order chi connectivity index (χ0) is 24.1. The van der Waals surface area contributed by atoms with Crippen LogP contribution < -0.4 is 0 Å². The maximum Gasteiger partial charge on any atom is 0.416 e. The van der Waals surface area contributed by atoms with Gasteiger partial charge in [0.05, 0.1) is 12.1 Å². The molecule has 34 heavy (non-hydrogen) atoms. The second kappa shape index (κ2) is 9.95. The molecule has 1 aromatic heterocycles. The Balaban J connectivity index is 1.60. The molecule has 7 heteroatoms. The molecular weight excluding hydrogens is 444 g/mol. The van der Waals surface area contributed by atoms with Crippen molar-refractivity contribution in [2.24, 2.45) is 0 Å². The molecule has 0 aliphatic heterocycles. The Labute approximate surface area is 194 Å². The summed E-state index contributed by atoms with van der Waals surface area (Å²) in [5.74, 6) is -0.703. The molecule has 0 N–H and O–H groups in total. The van der Waals surface area contributed by atoms with Gasteiger partial charge in [0, 0.05) is 30.5 Å². The van der Waals surface area contributed by atoms with Crippen LogP contribution in [-0.2, 0) is 25.8 Å². The van der Waals surface area contributed by atoms with Crippen molar-refractivity contribution in [3.63, 3.8) is 0 Å². The summed E-state index contributed by atoms with van der Waals surface area (Å²) in [7, 11) is 0. The predicted molar refractivity (Wildman–Crippen MR) is 121 cm³/mol. The number of aromatic nitrogens is 1. The van der Waals surface area contributed by atoms with Crippen LogP contribution in [0.4, 0.5) is 17.6 Å². The van der Waals surface area contributed by atoms with Crippen LogP contribution >= 0.6 is 0 Å². The zero-order valence-electron chi connectivity index (χ0n) is 18.2. The van der Waals surface area contributed by atoms with Crippen molar-refractivity contribution in [2.45, 2.75) is 25.8 Å². The summed E-state index contributed by atoms with van der Waals surface area (Å²) in [5.41, 5.74) is 1.86. The molecule has 0 radical (unpaired) electrons. The standard InChI is InChI=1S/C27H22F4N2O/c28-24-9-4-8-21(16-24)18-32-15-5-10-25(32)19-33(17-20-6-2-1-3-7-20)26(34)22-11-13-23(14-12-22)27(29,30)31/h1-16H,17-19H2. The van der Waals surface area contributed by atoms with Gasteiger partial charge in [-0.1, -0.05) is 42.5 Å². The Bertz CT molecular complexity index is 1250. The third-order valence-corrected chi connectivity index (χ3v) is 5.48. The fourth-order valence-electron chi connectivity index (χ4n) is 3.76. The van der Waals surface area contributed by atoms with E-state index < -0.39 is 11.7 Å². The number of hydrogen-bond donors (Lipinski definition) is 0. The van der Waals surface area contributed by atoms with E-state index in [0.29, 0.717) is 6.54 Å². The topological polar surface area (TPSA) is 25.2 Å². The number of carbonyl (C=O) groups excluding carboxylic acids is 1. The molecule has 1 heterocycles. The van der Waals surface area contributed by atoms with Crippen LogP contribution in [0.25, 0.3) is 0 Å². The summed E-state index contributed by atoms with van der Waals surface area (Å²) < 4.78 is 54.4. The van der Waals surface area contributed by atoms with Crippen molar-refractivity contribution in [2.75, 3.05) is 0 Å². The Morgan fingerprint density at radius 2 is 1.50 bits per heavy atom. The second-order valence-electron chi connectivity index (χ2n) is 7.98. The van der Waals surface area contributed by atoms with Gasteiger partial charge in [0.15, 0.2) is 0 Å². The summed E-state index contributed by atoms with van der Waals surface area (Å²) in [6.45, 7) is 0.941. The first kappa shape index (κ1) is 23.3. The number of amides is 1. The van der Waals surface area contributed by atoms with Gasteiger partial charge in [-0.05, 0) is 59.7 Å². The van der Waals surface area contributed by atoms with Crippen LogP contribution in [0.15, 0.2) is 97.2 Å². The van der Waals surface area contributed by atoms with Gasteiger partial charge >= 0.3 is 6.18 Å². The summed E-state index contributed by atoms with van der Waals surface area (Å²) >= 11 is 0. The highest BCUT2D eigenvalue weighted by Gasteiger charge is 2.30. The van der Waals surface area contributed by atoms with Crippen molar-refractivity contribution >= 4 is 5.91 Å². The van der Waals surface area contributed by atoms with Crippen molar-refractivity contribution in [1.82, 2.24) is 9.47 Å². The molecule has 0 bridgehead atoms. The third kappa shape index (κ3) is 5.73. The molecule has 0 saturated carbocycles. The van der Waals surface area contributed by atoms with Crippen LogP contribution in [0.2, 0.25) is 0 Å². The van der Waals surface area contributed by atoms with Gasteiger partial charge < -0.3 is 9.47 Å². The molecule has 3 nitrogen and oxygen atoms in total. The molecule has 0 unspecified atom stereocenters. The van der Waals surface area contributed by atoms with Gasteiger partial charge in [-0.2, -0.15) is 13.2 Å². The van der Waals surface area contributed by atoms with Crippen molar-refractivity contribution in [3.05, 3.63) is 131 Å². The van der Waals surface area contributed by atoms with Gasteiger partial charge in [-0.25, -0.2) is 4.39 Å². The van der Waals surface area contributed by atoms with E-state index in [1.807, 2.05) is 59.3 Å². The highest BCUT2D eigenvalue weighted by molar-refractivity contribution is 5.94. The first-order valence-electron chi connectivity index (χ1n) is 10.7. The first-order valence-corrected chi connectivity index (χ1v) is 10.7. The molecular formula is C27H22F4N2O. The normalized spacial score (nSPS) is 11.4. The lowest BCUT2D eigenvalue weighted by Gasteiger charge is -2.24. The molecule has 0 saturated heterocycles. The number of halogens is 4. The maximum atomic E-state index is 13.6. The van der Waals surface area contributed by atoms with E-state index >= 15 is 0 Å². The smallest absolute Gasteiger partial charge is 0.345 e. The minimum atomic E-state index is -4.47. The summed E-state index contributed by atoms with van der Waals surface area (Å²) in [5, 5.41) is 0. The Morgan fingerprint density at radius 3 is 2.18 bits per heavy atom.